The van der Waals surface area contributed by atoms with Crippen molar-refractivity contribution in [2.75, 3.05) is 0 Å². The number of fused-ring (bicyclic) bond motifs is 5. The predicted octanol–water partition coefficient (Wildman–Crippen LogP) is 3.69. The van der Waals surface area contributed by atoms with Crippen LogP contribution in [0.2, 0.25) is 0 Å². The summed E-state index contributed by atoms with van der Waals surface area (Å²) in [5.41, 5.74) is 3.26. The molecule has 0 aromatic heterocycles. The van der Waals surface area contributed by atoms with Crippen LogP contribution in [0.25, 0.3) is 0 Å². The number of benzene rings is 1. The van der Waals surface area contributed by atoms with Gasteiger partial charge in [-0.3, -0.25) is 0 Å². The number of aliphatic hydroxyl groups is 1. The number of rotatable bonds is 1. The Morgan fingerprint density at radius 1 is 1.25 bits per heavy atom. The molecule has 4 nitrogen and oxygen atoms in total. The molecule has 0 saturated heterocycles. The van der Waals surface area contributed by atoms with Gasteiger partial charge in [0.1, 0.15) is 5.75 Å². The van der Waals surface area contributed by atoms with Crippen LogP contribution in [0.3, 0.4) is 0 Å². The highest BCUT2D eigenvalue weighted by Crippen LogP contribution is 2.63. The Morgan fingerprint density at radius 3 is 2.79 bits per heavy atom. The average Bonchev–Trinajstić information content (AvgIpc) is 2.90. The number of aryl methyl sites for hydroxylation is 1. The lowest BCUT2D eigenvalue weighted by molar-refractivity contribution is -0.0459. The number of phenols is 1. The molecule has 6 unspecified atom stereocenters. The average molecular weight is 329 g/mol. The third-order valence-corrected chi connectivity index (χ3v) is 7.35. The van der Waals surface area contributed by atoms with Crippen LogP contribution in [0, 0.1) is 23.2 Å². The number of oxime groups is 1. The number of aromatic hydroxyl groups is 1. The Hall–Kier alpha value is -1.55. The molecule has 24 heavy (non-hydrogen) atoms. The molecule has 0 radical (unpaired) electrons. The quantitative estimate of drug-likeness (QED) is 0.418. The molecule has 130 valence electrons. The third kappa shape index (κ3) is 2.12. The lowest BCUT2D eigenvalue weighted by atomic mass is 9.53. The Bertz CT molecular complexity index is 685. The Morgan fingerprint density at radius 2 is 2.04 bits per heavy atom. The van der Waals surface area contributed by atoms with Gasteiger partial charge in [-0.25, -0.2) is 0 Å². The lowest BCUT2D eigenvalue weighted by Gasteiger charge is -2.53. The summed E-state index contributed by atoms with van der Waals surface area (Å²) in [5, 5.41) is 33.5. The number of hydrogen-bond donors (Lipinski definition) is 3. The normalized spacial score (nSPS) is 41.5. The SMILES string of the molecule is C/C(=N\O)C1CCC2C3CCc4cc(O)ccc4C3C(O)CC12C. The Labute approximate surface area is 143 Å². The highest BCUT2D eigenvalue weighted by Gasteiger charge is 2.58. The predicted molar refractivity (Wildman–Crippen MR) is 92.5 cm³/mol. The van der Waals surface area contributed by atoms with Gasteiger partial charge in [0, 0.05) is 11.8 Å². The largest absolute Gasteiger partial charge is 0.508 e. The summed E-state index contributed by atoms with van der Waals surface area (Å²) in [6.45, 7) is 4.20. The fourth-order valence-corrected chi connectivity index (χ4v) is 6.40. The summed E-state index contributed by atoms with van der Waals surface area (Å²) in [6, 6.07) is 5.63. The molecule has 0 bridgehead atoms. The van der Waals surface area contributed by atoms with Gasteiger partial charge in [0.25, 0.3) is 0 Å². The summed E-state index contributed by atoms with van der Waals surface area (Å²) in [6.07, 6.45) is 4.64. The van der Waals surface area contributed by atoms with E-state index < -0.39 is 0 Å². The standard InChI is InChI=1S/C20H27NO3/c1-11(21-24)16-7-8-17-15-5-3-12-9-13(22)4-6-14(12)19(15)18(23)10-20(16,17)2/h4,6,9,15-19,22-24H,3,5,7-8,10H2,1-2H3/b21-11+. The highest BCUT2D eigenvalue weighted by molar-refractivity contribution is 5.85. The highest BCUT2D eigenvalue weighted by atomic mass is 16.4. The van der Waals surface area contributed by atoms with Crippen molar-refractivity contribution in [1.29, 1.82) is 0 Å². The van der Waals surface area contributed by atoms with E-state index in [2.05, 4.69) is 12.1 Å². The molecule has 2 fully saturated rings. The topological polar surface area (TPSA) is 73.1 Å². The maximum Gasteiger partial charge on any atom is 0.115 e. The molecule has 3 aliphatic carbocycles. The molecule has 2 saturated carbocycles. The smallest absolute Gasteiger partial charge is 0.115 e. The second-order valence-corrected chi connectivity index (χ2v) is 8.37. The van der Waals surface area contributed by atoms with Crippen LogP contribution in [-0.2, 0) is 6.42 Å². The fraction of sp³-hybridized carbons (Fsp3) is 0.650. The van der Waals surface area contributed by atoms with Crippen LogP contribution in [-0.4, -0.2) is 27.2 Å². The van der Waals surface area contributed by atoms with Crippen molar-refractivity contribution in [3.8, 4) is 5.75 Å². The number of hydrogen-bond acceptors (Lipinski definition) is 4. The molecule has 0 amide bonds. The number of phenolic OH excluding ortho intramolecular Hbond substituents is 1. The molecular weight excluding hydrogens is 302 g/mol. The Kier molecular flexibility index (Phi) is 3.64. The molecule has 1 aromatic rings. The van der Waals surface area contributed by atoms with E-state index >= 15 is 0 Å². The maximum absolute atomic E-state index is 11.0. The summed E-state index contributed by atoms with van der Waals surface area (Å²) in [4.78, 5) is 0. The number of aliphatic hydroxyl groups excluding tert-OH is 1. The zero-order valence-corrected chi connectivity index (χ0v) is 14.4. The van der Waals surface area contributed by atoms with Crippen LogP contribution in [0.5, 0.6) is 5.75 Å². The maximum atomic E-state index is 11.0. The molecule has 3 N–H and O–H groups in total. The first kappa shape index (κ1) is 15.9. The minimum Gasteiger partial charge on any atom is -0.508 e. The van der Waals surface area contributed by atoms with Crippen molar-refractivity contribution in [3.63, 3.8) is 0 Å². The lowest BCUT2D eigenvalue weighted by Crippen LogP contribution is -2.49. The first-order chi connectivity index (χ1) is 11.5. The van der Waals surface area contributed by atoms with E-state index in [-0.39, 0.29) is 23.4 Å². The van der Waals surface area contributed by atoms with Crippen molar-refractivity contribution < 1.29 is 15.4 Å². The van der Waals surface area contributed by atoms with Gasteiger partial charge >= 0.3 is 0 Å². The third-order valence-electron chi connectivity index (χ3n) is 7.35. The van der Waals surface area contributed by atoms with Gasteiger partial charge in [-0.1, -0.05) is 18.1 Å². The summed E-state index contributed by atoms with van der Waals surface area (Å²) >= 11 is 0. The molecule has 0 aliphatic heterocycles. The van der Waals surface area contributed by atoms with E-state index in [9.17, 15) is 15.4 Å². The molecule has 4 rings (SSSR count). The van der Waals surface area contributed by atoms with Gasteiger partial charge in [-0.15, -0.1) is 0 Å². The van der Waals surface area contributed by atoms with Crippen molar-refractivity contribution in [3.05, 3.63) is 29.3 Å². The van der Waals surface area contributed by atoms with Crippen molar-refractivity contribution in [1.82, 2.24) is 0 Å². The van der Waals surface area contributed by atoms with Gasteiger partial charge < -0.3 is 15.4 Å². The zero-order chi connectivity index (χ0) is 17.1. The van der Waals surface area contributed by atoms with Crippen LogP contribution in [0.1, 0.15) is 56.6 Å². The van der Waals surface area contributed by atoms with Crippen LogP contribution < -0.4 is 0 Å². The van der Waals surface area contributed by atoms with Crippen LogP contribution >= 0.6 is 0 Å². The summed E-state index contributed by atoms with van der Waals surface area (Å²) in [5.74, 6) is 1.81. The molecule has 3 aliphatic rings. The van der Waals surface area contributed by atoms with Crippen molar-refractivity contribution in [2.24, 2.45) is 28.3 Å². The first-order valence-corrected chi connectivity index (χ1v) is 9.14. The van der Waals surface area contributed by atoms with Gasteiger partial charge in [-0.05, 0) is 79.5 Å². The fourth-order valence-electron chi connectivity index (χ4n) is 6.40. The van der Waals surface area contributed by atoms with Gasteiger partial charge in [0.15, 0.2) is 0 Å². The van der Waals surface area contributed by atoms with Gasteiger partial charge in [0.05, 0.1) is 11.8 Å². The first-order valence-electron chi connectivity index (χ1n) is 9.14. The molecule has 0 heterocycles. The monoisotopic (exact) mass is 329 g/mol. The van der Waals surface area contributed by atoms with E-state index in [1.165, 1.54) is 11.1 Å². The minimum atomic E-state index is -0.369. The van der Waals surface area contributed by atoms with E-state index in [0.717, 1.165) is 37.8 Å². The van der Waals surface area contributed by atoms with E-state index in [4.69, 9.17) is 0 Å². The number of nitrogens with zero attached hydrogens (tertiary/aromatic N) is 1. The molecule has 1 aromatic carbocycles. The van der Waals surface area contributed by atoms with Gasteiger partial charge in [-0.2, -0.15) is 0 Å². The summed E-state index contributed by atoms with van der Waals surface area (Å²) in [7, 11) is 0. The van der Waals surface area contributed by atoms with E-state index in [1.54, 1.807) is 6.07 Å². The van der Waals surface area contributed by atoms with Crippen LogP contribution in [0.4, 0.5) is 0 Å². The van der Waals surface area contributed by atoms with E-state index in [1.807, 2.05) is 19.1 Å². The van der Waals surface area contributed by atoms with Crippen LogP contribution in [0.15, 0.2) is 23.4 Å². The second-order valence-electron chi connectivity index (χ2n) is 8.37. The second kappa shape index (κ2) is 5.48. The molecule has 0 spiro atoms. The minimum absolute atomic E-state index is 0.0192. The Balaban J connectivity index is 1.73. The molecule has 4 heteroatoms. The van der Waals surface area contributed by atoms with E-state index in [0.29, 0.717) is 17.6 Å². The molecular formula is C20H27NO3. The van der Waals surface area contributed by atoms with Gasteiger partial charge in [0.2, 0.25) is 0 Å². The zero-order valence-electron chi connectivity index (χ0n) is 14.4. The van der Waals surface area contributed by atoms with Crippen molar-refractivity contribution >= 4 is 5.71 Å². The molecule has 6 atom stereocenters. The van der Waals surface area contributed by atoms with Crippen molar-refractivity contribution in [2.45, 2.75) is 58.0 Å². The summed E-state index contributed by atoms with van der Waals surface area (Å²) < 4.78 is 0.